The van der Waals surface area contributed by atoms with Crippen molar-refractivity contribution in [3.05, 3.63) is 94.4 Å². The van der Waals surface area contributed by atoms with Crippen molar-refractivity contribution in [2.24, 2.45) is 0 Å². The Hall–Kier alpha value is -2.81. The van der Waals surface area contributed by atoms with Crippen molar-refractivity contribution < 1.29 is 5.21 Å². The molecule has 3 heteroatoms. The van der Waals surface area contributed by atoms with Crippen molar-refractivity contribution >= 4 is 0 Å². The van der Waals surface area contributed by atoms with Crippen LogP contribution in [-0.4, -0.2) is 9.94 Å². The molecule has 1 aromatic heterocycles. The summed E-state index contributed by atoms with van der Waals surface area (Å²) < 4.78 is 0.667. The smallest absolute Gasteiger partial charge is 0.286 e. The lowest BCUT2D eigenvalue weighted by atomic mass is 10.0. The molecule has 0 aliphatic carbocycles. The largest absolute Gasteiger partial charge is 0.425 e. The first-order valence-corrected chi connectivity index (χ1v) is 6.78. The maximum atomic E-state index is 12.1. The Balaban J connectivity index is 2.05. The second-order valence-corrected chi connectivity index (χ2v) is 4.93. The zero-order valence-electron chi connectivity index (χ0n) is 11.4. The number of rotatable bonds is 3. The highest BCUT2D eigenvalue weighted by atomic mass is 16.5. The summed E-state index contributed by atoms with van der Waals surface area (Å²) in [6.45, 7) is 0. The van der Waals surface area contributed by atoms with E-state index in [0.29, 0.717) is 16.7 Å². The molecule has 3 rings (SSSR count). The van der Waals surface area contributed by atoms with Crippen molar-refractivity contribution in [1.29, 1.82) is 0 Å². The summed E-state index contributed by atoms with van der Waals surface area (Å²) in [7, 11) is 0. The van der Waals surface area contributed by atoms with Crippen LogP contribution < -0.4 is 5.56 Å². The first-order valence-electron chi connectivity index (χ1n) is 6.78. The highest BCUT2D eigenvalue weighted by molar-refractivity contribution is 5.63. The predicted octanol–water partition coefficient (Wildman–Crippen LogP) is 3.34. The van der Waals surface area contributed by atoms with Crippen molar-refractivity contribution in [2.75, 3.05) is 0 Å². The van der Waals surface area contributed by atoms with Crippen LogP contribution in [0.25, 0.3) is 11.1 Å². The van der Waals surface area contributed by atoms with E-state index in [1.165, 1.54) is 6.20 Å². The molecule has 3 nitrogen and oxygen atoms in total. The Morgan fingerprint density at radius 2 is 1.48 bits per heavy atom. The number of benzene rings is 2. The van der Waals surface area contributed by atoms with E-state index in [9.17, 15) is 10.0 Å². The molecule has 0 aliphatic rings. The van der Waals surface area contributed by atoms with Gasteiger partial charge in [0.1, 0.15) is 0 Å². The molecular formula is C18H15NO2. The number of hydrogen-bond donors (Lipinski definition) is 1. The number of nitrogens with zero attached hydrogens (tertiary/aromatic N) is 1. The molecule has 1 heterocycles. The maximum Gasteiger partial charge on any atom is 0.286 e. The third-order valence-electron chi connectivity index (χ3n) is 3.42. The van der Waals surface area contributed by atoms with Crippen molar-refractivity contribution in [2.45, 2.75) is 6.42 Å². The topological polar surface area (TPSA) is 42.2 Å². The van der Waals surface area contributed by atoms with Crippen LogP contribution in [0, 0.1) is 0 Å². The Morgan fingerprint density at radius 3 is 2.14 bits per heavy atom. The van der Waals surface area contributed by atoms with E-state index < -0.39 is 0 Å². The highest BCUT2D eigenvalue weighted by Crippen LogP contribution is 2.19. The number of aromatic nitrogens is 1. The Kier molecular flexibility index (Phi) is 3.56. The van der Waals surface area contributed by atoms with Gasteiger partial charge in [-0.15, -0.1) is 0 Å². The molecule has 3 aromatic rings. The monoisotopic (exact) mass is 277 g/mol. The average Bonchev–Trinajstić information content (AvgIpc) is 2.53. The first-order chi connectivity index (χ1) is 10.2. The number of hydrogen-bond acceptors (Lipinski definition) is 2. The minimum atomic E-state index is -0.376. The summed E-state index contributed by atoms with van der Waals surface area (Å²) in [6, 6.07) is 21.3. The van der Waals surface area contributed by atoms with Crippen LogP contribution in [0.3, 0.4) is 0 Å². The van der Waals surface area contributed by atoms with Crippen molar-refractivity contribution in [3.8, 4) is 11.1 Å². The fourth-order valence-electron chi connectivity index (χ4n) is 2.36. The highest BCUT2D eigenvalue weighted by Gasteiger charge is 2.08. The van der Waals surface area contributed by atoms with Gasteiger partial charge in [-0.25, -0.2) is 0 Å². The molecule has 0 radical (unpaired) electrons. The maximum absolute atomic E-state index is 12.1. The summed E-state index contributed by atoms with van der Waals surface area (Å²) >= 11 is 0. The van der Waals surface area contributed by atoms with Gasteiger partial charge in [0.15, 0.2) is 0 Å². The summed E-state index contributed by atoms with van der Waals surface area (Å²) in [5.74, 6) is 0. The van der Waals surface area contributed by atoms with Gasteiger partial charge in [0.25, 0.3) is 5.56 Å². The van der Waals surface area contributed by atoms with Crippen LogP contribution in [0.4, 0.5) is 0 Å². The molecule has 0 saturated heterocycles. The zero-order valence-corrected chi connectivity index (χ0v) is 11.4. The molecule has 1 N–H and O–H groups in total. The molecule has 0 unspecified atom stereocenters. The lowest BCUT2D eigenvalue weighted by Crippen LogP contribution is -2.21. The van der Waals surface area contributed by atoms with E-state index in [0.717, 1.165) is 16.7 Å². The zero-order chi connectivity index (χ0) is 14.7. The van der Waals surface area contributed by atoms with Crippen LogP contribution >= 0.6 is 0 Å². The molecule has 104 valence electrons. The Bertz CT molecular complexity index is 792. The average molecular weight is 277 g/mol. The normalized spacial score (nSPS) is 10.5. The van der Waals surface area contributed by atoms with Gasteiger partial charge in [-0.05, 0) is 17.2 Å². The lowest BCUT2D eigenvalue weighted by molar-refractivity contribution is 0.174. The van der Waals surface area contributed by atoms with Crippen molar-refractivity contribution in [1.82, 2.24) is 4.73 Å². The summed E-state index contributed by atoms with van der Waals surface area (Å²) in [4.78, 5) is 12.1. The third kappa shape index (κ3) is 2.87. The van der Waals surface area contributed by atoms with Gasteiger partial charge in [-0.2, -0.15) is 4.73 Å². The summed E-state index contributed by atoms with van der Waals surface area (Å²) in [5.41, 5.74) is 3.03. The summed E-state index contributed by atoms with van der Waals surface area (Å²) in [5, 5.41) is 9.82. The third-order valence-corrected chi connectivity index (χ3v) is 3.42. The van der Waals surface area contributed by atoms with Crippen LogP contribution in [-0.2, 0) is 6.42 Å². The van der Waals surface area contributed by atoms with Gasteiger partial charge in [0.05, 0.1) is 6.20 Å². The van der Waals surface area contributed by atoms with E-state index in [2.05, 4.69) is 0 Å². The molecule has 0 aliphatic heterocycles. The van der Waals surface area contributed by atoms with Crippen LogP contribution in [0.2, 0.25) is 0 Å². The number of pyridine rings is 1. The van der Waals surface area contributed by atoms with E-state index in [4.69, 9.17) is 0 Å². The van der Waals surface area contributed by atoms with E-state index >= 15 is 0 Å². The van der Waals surface area contributed by atoms with Gasteiger partial charge in [-0.1, -0.05) is 60.7 Å². The fourth-order valence-corrected chi connectivity index (χ4v) is 2.36. The fraction of sp³-hybridized carbons (Fsp3) is 0.0556. The van der Waals surface area contributed by atoms with Gasteiger partial charge in [-0.3, -0.25) is 4.79 Å². The molecule has 0 amide bonds. The quantitative estimate of drug-likeness (QED) is 0.746. The Labute approximate surface area is 122 Å². The Morgan fingerprint density at radius 1 is 0.857 bits per heavy atom. The molecule has 0 bridgehead atoms. The second-order valence-electron chi connectivity index (χ2n) is 4.93. The molecular weight excluding hydrogens is 262 g/mol. The van der Waals surface area contributed by atoms with E-state index in [-0.39, 0.29) is 5.56 Å². The predicted molar refractivity (Wildman–Crippen MR) is 82.6 cm³/mol. The molecule has 0 fully saturated rings. The first kappa shape index (κ1) is 13.2. The van der Waals surface area contributed by atoms with Gasteiger partial charge >= 0.3 is 0 Å². The summed E-state index contributed by atoms with van der Waals surface area (Å²) in [6.07, 6.45) is 1.95. The van der Waals surface area contributed by atoms with Crippen LogP contribution in [0.15, 0.2) is 77.7 Å². The van der Waals surface area contributed by atoms with E-state index in [1.54, 1.807) is 0 Å². The molecule has 2 aromatic carbocycles. The van der Waals surface area contributed by atoms with Crippen LogP contribution in [0.5, 0.6) is 0 Å². The van der Waals surface area contributed by atoms with Gasteiger partial charge < -0.3 is 5.21 Å². The molecule has 0 atom stereocenters. The lowest BCUT2D eigenvalue weighted by Gasteiger charge is -2.08. The minimum Gasteiger partial charge on any atom is -0.425 e. The van der Waals surface area contributed by atoms with Crippen molar-refractivity contribution in [3.63, 3.8) is 0 Å². The minimum absolute atomic E-state index is 0.376. The standard InChI is InChI=1S/C18H15NO2/c20-18-16(11-14-7-3-1-4-8-14)12-17(13-19(18)21)15-9-5-2-6-10-15/h1-10,12-13,21H,11H2. The SMILES string of the molecule is O=c1c(Cc2ccccc2)cc(-c2ccccc2)cn1O. The van der Waals surface area contributed by atoms with Gasteiger partial charge in [0.2, 0.25) is 0 Å². The molecule has 0 spiro atoms. The van der Waals surface area contributed by atoms with Gasteiger partial charge in [0, 0.05) is 17.5 Å². The second kappa shape index (κ2) is 5.67. The van der Waals surface area contributed by atoms with E-state index in [1.807, 2.05) is 66.7 Å². The molecule has 0 saturated carbocycles. The molecule has 21 heavy (non-hydrogen) atoms. The van der Waals surface area contributed by atoms with Crippen LogP contribution in [0.1, 0.15) is 11.1 Å².